The molecule has 0 aliphatic carbocycles. The van der Waals surface area contributed by atoms with Crippen LogP contribution in [0.2, 0.25) is 0 Å². The SMILES string of the molecule is O=C(CC1C(=O)NCCN1C(=S)NC(=O)c1ccc(-c2ccccc2)cc1)OCc1ccccc1. The van der Waals surface area contributed by atoms with E-state index in [1.807, 2.05) is 72.8 Å². The van der Waals surface area contributed by atoms with Crippen molar-refractivity contribution in [2.75, 3.05) is 13.1 Å². The van der Waals surface area contributed by atoms with E-state index in [1.54, 1.807) is 17.0 Å². The summed E-state index contributed by atoms with van der Waals surface area (Å²) in [5.74, 6) is -1.24. The number of nitrogens with zero attached hydrogens (tertiary/aromatic N) is 1. The highest BCUT2D eigenvalue weighted by molar-refractivity contribution is 7.80. The number of carbonyl (C=O) groups is 3. The number of esters is 1. The van der Waals surface area contributed by atoms with E-state index in [0.717, 1.165) is 16.7 Å². The predicted molar refractivity (Wildman–Crippen MR) is 136 cm³/mol. The van der Waals surface area contributed by atoms with Gasteiger partial charge < -0.3 is 15.0 Å². The molecule has 1 heterocycles. The van der Waals surface area contributed by atoms with Crippen LogP contribution >= 0.6 is 12.2 Å². The Hall–Kier alpha value is -4.04. The van der Waals surface area contributed by atoms with Crippen molar-refractivity contribution in [2.45, 2.75) is 19.1 Å². The Morgan fingerprint density at radius 1 is 0.943 bits per heavy atom. The number of hydrogen-bond donors (Lipinski definition) is 2. The Labute approximate surface area is 209 Å². The summed E-state index contributed by atoms with van der Waals surface area (Å²) in [7, 11) is 0. The molecule has 1 fully saturated rings. The van der Waals surface area contributed by atoms with Gasteiger partial charge in [-0.05, 0) is 41.0 Å². The lowest BCUT2D eigenvalue weighted by atomic mass is 10.0. The van der Waals surface area contributed by atoms with Crippen LogP contribution in [0.25, 0.3) is 11.1 Å². The Balaban J connectivity index is 1.37. The van der Waals surface area contributed by atoms with Crippen molar-refractivity contribution >= 4 is 35.1 Å². The van der Waals surface area contributed by atoms with E-state index in [9.17, 15) is 14.4 Å². The topological polar surface area (TPSA) is 87.7 Å². The van der Waals surface area contributed by atoms with Gasteiger partial charge in [-0.3, -0.25) is 19.7 Å². The highest BCUT2D eigenvalue weighted by atomic mass is 32.1. The summed E-state index contributed by atoms with van der Waals surface area (Å²) in [6.45, 7) is 0.846. The van der Waals surface area contributed by atoms with Crippen molar-refractivity contribution in [1.82, 2.24) is 15.5 Å². The van der Waals surface area contributed by atoms with Crippen LogP contribution in [-0.4, -0.2) is 46.9 Å². The van der Waals surface area contributed by atoms with E-state index in [-0.39, 0.29) is 30.0 Å². The molecule has 1 saturated heterocycles. The van der Waals surface area contributed by atoms with E-state index >= 15 is 0 Å². The van der Waals surface area contributed by atoms with Gasteiger partial charge in [-0.15, -0.1) is 0 Å². The number of ether oxygens (including phenoxy) is 1. The van der Waals surface area contributed by atoms with Gasteiger partial charge in [0.05, 0.1) is 6.42 Å². The smallest absolute Gasteiger partial charge is 0.308 e. The molecule has 1 aliphatic heterocycles. The summed E-state index contributed by atoms with van der Waals surface area (Å²) < 4.78 is 5.33. The number of benzene rings is 3. The monoisotopic (exact) mass is 487 g/mol. The van der Waals surface area contributed by atoms with E-state index in [2.05, 4.69) is 10.6 Å². The molecule has 0 bridgehead atoms. The number of thiocarbonyl (C=S) groups is 1. The maximum Gasteiger partial charge on any atom is 0.308 e. The van der Waals surface area contributed by atoms with Gasteiger partial charge in [0.1, 0.15) is 12.6 Å². The fourth-order valence-electron chi connectivity index (χ4n) is 3.80. The van der Waals surface area contributed by atoms with Gasteiger partial charge >= 0.3 is 5.97 Å². The first-order valence-corrected chi connectivity index (χ1v) is 11.7. The fourth-order valence-corrected chi connectivity index (χ4v) is 4.11. The van der Waals surface area contributed by atoms with Gasteiger partial charge in [-0.2, -0.15) is 0 Å². The molecule has 2 amide bonds. The number of hydrogen-bond acceptors (Lipinski definition) is 5. The molecule has 1 aliphatic rings. The Bertz CT molecular complexity index is 1200. The van der Waals surface area contributed by atoms with Crippen molar-refractivity contribution < 1.29 is 19.1 Å². The lowest BCUT2D eigenvalue weighted by Crippen LogP contribution is -2.60. The number of carbonyl (C=O) groups excluding carboxylic acids is 3. The van der Waals surface area contributed by atoms with Crippen molar-refractivity contribution in [3.63, 3.8) is 0 Å². The van der Waals surface area contributed by atoms with Gasteiger partial charge in [-0.25, -0.2) is 0 Å². The number of amides is 2. The summed E-state index contributed by atoms with van der Waals surface area (Å²) in [4.78, 5) is 39.3. The molecule has 3 aromatic rings. The molecule has 1 unspecified atom stereocenters. The molecule has 1 atom stereocenters. The molecule has 35 heavy (non-hydrogen) atoms. The molecule has 4 rings (SSSR count). The zero-order valence-electron chi connectivity index (χ0n) is 19.0. The van der Waals surface area contributed by atoms with Crippen LogP contribution in [0.1, 0.15) is 22.3 Å². The molecule has 0 spiro atoms. The molecule has 8 heteroatoms. The summed E-state index contributed by atoms with van der Waals surface area (Å²) in [5, 5.41) is 5.53. The zero-order chi connectivity index (χ0) is 24.6. The lowest BCUT2D eigenvalue weighted by Gasteiger charge is -2.36. The van der Waals surface area contributed by atoms with Gasteiger partial charge in [0, 0.05) is 18.7 Å². The third-order valence-corrected chi connectivity index (χ3v) is 6.01. The summed E-state index contributed by atoms with van der Waals surface area (Å²) in [5.41, 5.74) is 3.34. The third kappa shape index (κ3) is 6.30. The average Bonchev–Trinajstić information content (AvgIpc) is 2.90. The van der Waals surface area contributed by atoms with Crippen LogP contribution < -0.4 is 10.6 Å². The number of nitrogens with one attached hydrogen (secondary N) is 2. The van der Waals surface area contributed by atoms with Gasteiger partial charge in [0.15, 0.2) is 5.11 Å². The molecule has 2 N–H and O–H groups in total. The summed E-state index contributed by atoms with van der Waals surface area (Å²) >= 11 is 5.44. The first-order valence-electron chi connectivity index (χ1n) is 11.3. The second-order valence-electron chi connectivity index (χ2n) is 8.05. The average molecular weight is 488 g/mol. The van der Waals surface area contributed by atoms with E-state index < -0.39 is 12.0 Å². The van der Waals surface area contributed by atoms with Crippen LogP contribution in [0.15, 0.2) is 84.9 Å². The van der Waals surface area contributed by atoms with Gasteiger partial charge in [0.25, 0.3) is 5.91 Å². The number of rotatable bonds is 6. The van der Waals surface area contributed by atoms with E-state index in [4.69, 9.17) is 17.0 Å². The highest BCUT2D eigenvalue weighted by Gasteiger charge is 2.34. The minimum Gasteiger partial charge on any atom is -0.461 e. The number of piperazine rings is 1. The van der Waals surface area contributed by atoms with E-state index in [0.29, 0.717) is 18.7 Å². The van der Waals surface area contributed by atoms with Crippen LogP contribution in [0.5, 0.6) is 0 Å². The largest absolute Gasteiger partial charge is 0.461 e. The Morgan fingerprint density at radius 2 is 1.57 bits per heavy atom. The van der Waals surface area contributed by atoms with Crippen molar-refractivity contribution in [1.29, 1.82) is 0 Å². The Kier molecular flexibility index (Phi) is 7.84. The minimum absolute atomic E-state index is 0.0952. The molecule has 0 radical (unpaired) electrons. The standard InChI is InChI=1S/C27H25N3O4S/c31-24(34-18-19-7-3-1-4-8-19)17-23-26(33)28-15-16-30(23)27(35)29-25(32)22-13-11-21(12-14-22)20-9-5-2-6-10-20/h1-14,23H,15-18H2,(H,28,33)(H,29,32,35). The van der Waals surface area contributed by atoms with Crippen LogP contribution in [-0.2, 0) is 20.9 Å². The predicted octanol–water partition coefficient (Wildman–Crippen LogP) is 3.30. The third-order valence-electron chi connectivity index (χ3n) is 5.67. The maximum atomic E-state index is 12.8. The van der Waals surface area contributed by atoms with Crippen LogP contribution in [0.4, 0.5) is 0 Å². The molecule has 0 saturated carbocycles. The summed E-state index contributed by atoms with van der Waals surface area (Å²) in [6, 6.07) is 25.5. The normalized spacial score (nSPS) is 15.1. The zero-order valence-corrected chi connectivity index (χ0v) is 19.8. The minimum atomic E-state index is -0.861. The first-order chi connectivity index (χ1) is 17.0. The van der Waals surface area contributed by atoms with Gasteiger partial charge in [0.2, 0.25) is 5.91 Å². The van der Waals surface area contributed by atoms with Gasteiger partial charge in [-0.1, -0.05) is 72.8 Å². The quantitative estimate of drug-likeness (QED) is 0.410. The molecular formula is C27H25N3O4S. The maximum absolute atomic E-state index is 12.8. The van der Waals surface area contributed by atoms with Crippen molar-refractivity contribution in [3.05, 3.63) is 96.1 Å². The Morgan fingerprint density at radius 3 is 2.26 bits per heavy atom. The molecular weight excluding hydrogens is 462 g/mol. The second-order valence-corrected chi connectivity index (χ2v) is 8.44. The lowest BCUT2D eigenvalue weighted by molar-refractivity contribution is -0.148. The van der Waals surface area contributed by atoms with Crippen LogP contribution in [0, 0.1) is 0 Å². The highest BCUT2D eigenvalue weighted by Crippen LogP contribution is 2.19. The molecule has 7 nitrogen and oxygen atoms in total. The molecule has 178 valence electrons. The fraction of sp³-hybridized carbons (Fsp3) is 0.185. The summed E-state index contributed by atoms with van der Waals surface area (Å²) in [6.07, 6.45) is -0.180. The molecule has 0 aromatic heterocycles. The second kappa shape index (κ2) is 11.4. The van der Waals surface area contributed by atoms with Crippen LogP contribution in [0.3, 0.4) is 0 Å². The van der Waals surface area contributed by atoms with Crippen molar-refractivity contribution in [2.24, 2.45) is 0 Å². The van der Waals surface area contributed by atoms with E-state index in [1.165, 1.54) is 0 Å². The molecule has 3 aromatic carbocycles. The van der Waals surface area contributed by atoms with Crippen molar-refractivity contribution in [3.8, 4) is 11.1 Å². The first kappa shape index (κ1) is 24.1.